The van der Waals surface area contributed by atoms with Crippen molar-refractivity contribution in [2.75, 3.05) is 18.4 Å². The molecule has 1 aliphatic rings. The van der Waals surface area contributed by atoms with Crippen LogP contribution in [-0.4, -0.2) is 44.6 Å². The van der Waals surface area contributed by atoms with E-state index >= 15 is 0 Å². The van der Waals surface area contributed by atoms with E-state index in [-0.39, 0.29) is 42.1 Å². The number of nitrogens with one attached hydrogen (secondary N) is 1. The van der Waals surface area contributed by atoms with Crippen LogP contribution in [0.2, 0.25) is 0 Å². The van der Waals surface area contributed by atoms with Crippen LogP contribution in [0.5, 0.6) is 0 Å². The van der Waals surface area contributed by atoms with Crippen LogP contribution < -0.4 is 5.32 Å². The second-order valence-electron chi connectivity index (χ2n) is 7.64. The molecule has 33 heavy (non-hydrogen) atoms. The van der Waals surface area contributed by atoms with Crippen LogP contribution in [0.25, 0.3) is 5.69 Å². The molecule has 172 valence electrons. The summed E-state index contributed by atoms with van der Waals surface area (Å²) in [5.41, 5.74) is -0.167. The fourth-order valence-electron chi connectivity index (χ4n) is 3.68. The van der Waals surface area contributed by atoms with Crippen molar-refractivity contribution in [3.05, 3.63) is 72.1 Å². The Morgan fingerprint density at radius 1 is 1.03 bits per heavy atom. The van der Waals surface area contributed by atoms with Gasteiger partial charge in [-0.25, -0.2) is 14.1 Å². The Labute approximate surface area is 186 Å². The minimum Gasteiger partial charge on any atom is -0.339 e. The van der Waals surface area contributed by atoms with Gasteiger partial charge in [0.1, 0.15) is 18.3 Å². The van der Waals surface area contributed by atoms with Gasteiger partial charge in [-0.05, 0) is 55.3 Å². The minimum absolute atomic E-state index is 0.161. The van der Waals surface area contributed by atoms with Gasteiger partial charge in [-0.15, -0.1) is 0 Å². The van der Waals surface area contributed by atoms with Crippen molar-refractivity contribution in [1.82, 2.24) is 19.7 Å². The summed E-state index contributed by atoms with van der Waals surface area (Å²) < 4.78 is 53.7. The third-order valence-electron chi connectivity index (χ3n) is 5.49. The first-order valence-corrected chi connectivity index (χ1v) is 10.1. The average molecular weight is 461 g/mol. The Hall–Kier alpha value is -3.76. The largest absolute Gasteiger partial charge is 0.416 e. The summed E-state index contributed by atoms with van der Waals surface area (Å²) in [6.45, 7) is 0.578. The van der Waals surface area contributed by atoms with E-state index in [1.54, 1.807) is 6.07 Å². The number of halogens is 4. The van der Waals surface area contributed by atoms with Crippen molar-refractivity contribution in [3.63, 3.8) is 0 Å². The predicted octanol–water partition coefficient (Wildman–Crippen LogP) is 3.92. The number of hydrogen-bond acceptors (Lipinski definition) is 4. The summed E-state index contributed by atoms with van der Waals surface area (Å²) in [5.74, 6) is -1.62. The third-order valence-corrected chi connectivity index (χ3v) is 5.49. The molecule has 2 amide bonds. The fraction of sp³-hybridized carbons (Fsp3) is 0.273. The molecule has 1 saturated heterocycles. The molecule has 0 atom stereocenters. The average Bonchev–Trinajstić information content (AvgIpc) is 3.33. The Bertz CT molecular complexity index is 1140. The quantitative estimate of drug-likeness (QED) is 0.598. The molecule has 0 saturated carbocycles. The lowest BCUT2D eigenvalue weighted by Gasteiger charge is -2.31. The first kappa shape index (κ1) is 22.4. The van der Waals surface area contributed by atoms with Gasteiger partial charge >= 0.3 is 6.18 Å². The highest BCUT2D eigenvalue weighted by Gasteiger charge is 2.31. The van der Waals surface area contributed by atoms with E-state index in [2.05, 4.69) is 15.4 Å². The number of piperidine rings is 1. The maximum atomic E-state index is 14.4. The topological polar surface area (TPSA) is 80.1 Å². The van der Waals surface area contributed by atoms with Crippen molar-refractivity contribution in [3.8, 4) is 5.69 Å². The zero-order valence-electron chi connectivity index (χ0n) is 17.2. The highest BCUT2D eigenvalue weighted by Crippen LogP contribution is 2.29. The number of likely N-dealkylation sites (tertiary alicyclic amines) is 1. The van der Waals surface area contributed by atoms with Gasteiger partial charge in [0.25, 0.3) is 5.91 Å². The molecule has 2 heterocycles. The number of amides is 2. The minimum atomic E-state index is -4.47. The maximum Gasteiger partial charge on any atom is 0.416 e. The van der Waals surface area contributed by atoms with Gasteiger partial charge in [-0.3, -0.25) is 9.59 Å². The first-order valence-electron chi connectivity index (χ1n) is 10.1. The molecule has 0 spiro atoms. The molecule has 0 aliphatic carbocycles. The third kappa shape index (κ3) is 5.02. The van der Waals surface area contributed by atoms with E-state index in [1.165, 1.54) is 34.4 Å². The smallest absolute Gasteiger partial charge is 0.339 e. The molecule has 3 aromatic rings. The predicted molar refractivity (Wildman–Crippen MR) is 110 cm³/mol. The van der Waals surface area contributed by atoms with Gasteiger partial charge in [0.05, 0.1) is 5.56 Å². The fourth-order valence-corrected chi connectivity index (χ4v) is 3.68. The van der Waals surface area contributed by atoms with Gasteiger partial charge in [0.15, 0.2) is 5.82 Å². The zero-order valence-corrected chi connectivity index (χ0v) is 17.2. The second kappa shape index (κ2) is 9.00. The van der Waals surface area contributed by atoms with Gasteiger partial charge < -0.3 is 10.2 Å². The highest BCUT2D eigenvalue weighted by atomic mass is 19.4. The molecular weight excluding hydrogens is 442 g/mol. The van der Waals surface area contributed by atoms with E-state index in [0.717, 1.165) is 24.3 Å². The Balaban J connectivity index is 1.32. The number of carbonyl (C=O) groups is 2. The first-order chi connectivity index (χ1) is 15.7. The molecular formula is C22H19F4N5O2. The number of carbonyl (C=O) groups excluding carboxylic acids is 2. The summed E-state index contributed by atoms with van der Waals surface area (Å²) in [4.78, 5) is 30.5. The van der Waals surface area contributed by atoms with Crippen molar-refractivity contribution in [2.24, 2.45) is 5.92 Å². The van der Waals surface area contributed by atoms with Crippen LogP contribution in [0.4, 0.5) is 23.2 Å². The van der Waals surface area contributed by atoms with Gasteiger partial charge in [0, 0.05) is 30.3 Å². The number of aromatic nitrogens is 3. The summed E-state index contributed by atoms with van der Waals surface area (Å²) in [6, 6.07) is 8.29. The number of nitrogens with zero attached hydrogens (tertiary/aromatic N) is 4. The monoisotopic (exact) mass is 461 g/mol. The van der Waals surface area contributed by atoms with E-state index < -0.39 is 17.6 Å². The van der Waals surface area contributed by atoms with Gasteiger partial charge in [-0.2, -0.15) is 18.3 Å². The van der Waals surface area contributed by atoms with Crippen molar-refractivity contribution >= 4 is 17.5 Å². The summed E-state index contributed by atoms with van der Waals surface area (Å²) >= 11 is 0. The highest BCUT2D eigenvalue weighted by molar-refractivity contribution is 5.95. The molecule has 0 radical (unpaired) electrons. The van der Waals surface area contributed by atoms with E-state index in [1.807, 2.05) is 0 Å². The lowest BCUT2D eigenvalue weighted by Crippen LogP contribution is -2.41. The molecule has 1 fully saturated rings. The molecule has 11 heteroatoms. The molecule has 1 aromatic heterocycles. The molecule has 0 unspecified atom stereocenters. The SMILES string of the molecule is O=C(Nc1ccc(-n2cncn2)c(F)c1)C1CCN(C(=O)c2ccc(C(F)(F)F)cc2)CC1. The number of alkyl halides is 3. The molecule has 7 nitrogen and oxygen atoms in total. The van der Waals surface area contributed by atoms with E-state index in [9.17, 15) is 27.2 Å². The molecule has 2 aromatic carbocycles. The van der Waals surface area contributed by atoms with Gasteiger partial charge in [-0.1, -0.05) is 0 Å². The Morgan fingerprint density at radius 2 is 1.73 bits per heavy atom. The van der Waals surface area contributed by atoms with E-state index in [0.29, 0.717) is 18.5 Å². The number of hydrogen-bond donors (Lipinski definition) is 1. The van der Waals surface area contributed by atoms with Crippen molar-refractivity contribution in [2.45, 2.75) is 19.0 Å². The summed E-state index contributed by atoms with van der Waals surface area (Å²) in [6.07, 6.45) is -1.05. The van der Waals surface area contributed by atoms with Crippen molar-refractivity contribution in [1.29, 1.82) is 0 Å². The van der Waals surface area contributed by atoms with Crippen molar-refractivity contribution < 1.29 is 27.2 Å². The normalized spacial score (nSPS) is 14.8. The van der Waals surface area contributed by atoms with Gasteiger partial charge in [0.2, 0.25) is 5.91 Å². The van der Waals surface area contributed by atoms with Crippen LogP contribution in [0, 0.1) is 11.7 Å². The van der Waals surface area contributed by atoms with Crippen LogP contribution in [0.15, 0.2) is 55.1 Å². The van der Waals surface area contributed by atoms with Crippen LogP contribution in [0.1, 0.15) is 28.8 Å². The maximum absolute atomic E-state index is 14.4. The molecule has 0 bridgehead atoms. The molecule has 4 rings (SSSR count). The number of anilines is 1. The van der Waals surface area contributed by atoms with Crippen LogP contribution in [0.3, 0.4) is 0 Å². The Morgan fingerprint density at radius 3 is 2.30 bits per heavy atom. The number of rotatable bonds is 4. The summed E-state index contributed by atoms with van der Waals surface area (Å²) in [5, 5.41) is 6.55. The molecule has 1 aliphatic heterocycles. The lowest BCUT2D eigenvalue weighted by atomic mass is 9.95. The van der Waals surface area contributed by atoms with E-state index in [4.69, 9.17) is 0 Å². The Kier molecular flexibility index (Phi) is 6.12. The molecule has 1 N–H and O–H groups in total. The second-order valence-corrected chi connectivity index (χ2v) is 7.64. The summed E-state index contributed by atoms with van der Waals surface area (Å²) in [7, 11) is 0. The standard InChI is InChI=1S/C22H19F4N5O2/c23-18-11-17(5-6-19(18)31-13-27-12-28-31)29-20(32)14-7-9-30(10-8-14)21(33)15-1-3-16(4-2-15)22(24,25)26/h1-6,11-14H,7-10H2,(H,29,32). The number of benzene rings is 2. The van der Waals surface area contributed by atoms with Crippen LogP contribution >= 0.6 is 0 Å². The zero-order chi connectivity index (χ0) is 23.6. The van der Waals surface area contributed by atoms with Crippen LogP contribution in [-0.2, 0) is 11.0 Å². The lowest BCUT2D eigenvalue weighted by molar-refractivity contribution is -0.137.